The van der Waals surface area contributed by atoms with Crippen molar-refractivity contribution in [1.29, 1.82) is 0 Å². The molecule has 74 valence electrons. The third kappa shape index (κ3) is 1.39. The average molecular weight is 197 g/mol. The lowest BCUT2D eigenvalue weighted by molar-refractivity contribution is 0.0684. The Labute approximate surface area is 78.8 Å². The molecular weight excluding hydrogens is 189 g/mol. The first-order valence-corrected chi connectivity index (χ1v) is 4.15. The monoisotopic (exact) mass is 197 g/mol. The van der Waals surface area contributed by atoms with Crippen molar-refractivity contribution in [3.8, 4) is 0 Å². The van der Waals surface area contributed by atoms with Gasteiger partial charge in [0.15, 0.2) is 17.3 Å². The number of anilines is 1. The molecule has 5 nitrogen and oxygen atoms in total. The Bertz CT molecular complexity index is 404. The maximum atomic E-state index is 13.1. The van der Waals surface area contributed by atoms with Gasteiger partial charge >= 0.3 is 5.97 Å². The predicted molar refractivity (Wildman–Crippen MR) is 45.3 cm³/mol. The fourth-order valence-electron chi connectivity index (χ4n) is 1.15. The number of carboxylic acid groups (broad SMARTS) is 1. The summed E-state index contributed by atoms with van der Waals surface area (Å²) in [4.78, 5) is 17.9. The van der Waals surface area contributed by atoms with E-state index in [-0.39, 0.29) is 11.7 Å². The number of halogens is 1. The normalized spacial score (nSPS) is 15.5. The molecule has 0 unspecified atom stereocenters. The molecule has 14 heavy (non-hydrogen) atoms. The number of aromatic carboxylic acids is 1. The molecule has 0 bridgehead atoms. The van der Waals surface area contributed by atoms with Gasteiger partial charge in [0.05, 0.1) is 0 Å². The maximum absolute atomic E-state index is 13.1. The lowest BCUT2D eigenvalue weighted by Crippen LogP contribution is -2.11. The standard InChI is InChI=1S/C8H8FN3O2/c9-4-5(8(13)14)11-7(3-1-2-3)12-6(4)10/h3H,1-2H2,(H,13,14)(H2,10,11,12). The second-order valence-corrected chi connectivity index (χ2v) is 3.21. The molecule has 6 heteroatoms. The van der Waals surface area contributed by atoms with Crippen molar-refractivity contribution in [2.45, 2.75) is 18.8 Å². The van der Waals surface area contributed by atoms with E-state index in [2.05, 4.69) is 9.97 Å². The zero-order valence-corrected chi connectivity index (χ0v) is 7.20. The maximum Gasteiger partial charge on any atom is 0.357 e. The molecule has 1 aromatic heterocycles. The van der Waals surface area contributed by atoms with Crippen LogP contribution in [0.2, 0.25) is 0 Å². The number of carboxylic acids is 1. The highest BCUT2D eigenvalue weighted by molar-refractivity contribution is 5.86. The summed E-state index contributed by atoms with van der Waals surface area (Å²) in [7, 11) is 0. The van der Waals surface area contributed by atoms with Gasteiger partial charge in [-0.25, -0.2) is 19.2 Å². The van der Waals surface area contributed by atoms with Gasteiger partial charge in [-0.05, 0) is 12.8 Å². The van der Waals surface area contributed by atoms with Crippen LogP contribution in [0.4, 0.5) is 10.2 Å². The Kier molecular flexibility index (Phi) is 1.83. The quantitative estimate of drug-likeness (QED) is 0.731. The number of nitrogen functional groups attached to an aromatic ring is 1. The molecular formula is C8H8FN3O2. The van der Waals surface area contributed by atoms with Gasteiger partial charge in [0.1, 0.15) is 5.82 Å². The average Bonchev–Trinajstić information content (AvgIpc) is 2.91. The van der Waals surface area contributed by atoms with Crippen molar-refractivity contribution < 1.29 is 14.3 Å². The van der Waals surface area contributed by atoms with Crippen LogP contribution in [0.3, 0.4) is 0 Å². The molecule has 0 atom stereocenters. The Morgan fingerprint density at radius 3 is 2.64 bits per heavy atom. The van der Waals surface area contributed by atoms with E-state index >= 15 is 0 Å². The molecule has 1 aliphatic carbocycles. The van der Waals surface area contributed by atoms with Crippen molar-refractivity contribution in [3.05, 3.63) is 17.3 Å². The Morgan fingerprint density at radius 1 is 1.50 bits per heavy atom. The molecule has 0 spiro atoms. The van der Waals surface area contributed by atoms with E-state index in [0.29, 0.717) is 5.82 Å². The SMILES string of the molecule is Nc1nc(C2CC2)nc(C(=O)O)c1F. The van der Waals surface area contributed by atoms with Crippen LogP contribution in [0.5, 0.6) is 0 Å². The molecule has 0 amide bonds. The van der Waals surface area contributed by atoms with Crippen LogP contribution in [0.15, 0.2) is 0 Å². The molecule has 3 N–H and O–H groups in total. The highest BCUT2D eigenvalue weighted by atomic mass is 19.1. The zero-order valence-electron chi connectivity index (χ0n) is 7.20. The predicted octanol–water partition coefficient (Wildman–Crippen LogP) is 0.774. The Balaban J connectivity index is 2.51. The highest BCUT2D eigenvalue weighted by Crippen LogP contribution is 2.38. The van der Waals surface area contributed by atoms with Crippen LogP contribution < -0.4 is 5.73 Å². The second kappa shape index (κ2) is 2.90. The van der Waals surface area contributed by atoms with E-state index < -0.39 is 17.5 Å². The molecule has 0 aliphatic heterocycles. The summed E-state index contributed by atoms with van der Waals surface area (Å²) in [5.41, 5.74) is 4.60. The van der Waals surface area contributed by atoms with Gasteiger partial charge in [-0.1, -0.05) is 0 Å². The van der Waals surface area contributed by atoms with E-state index in [9.17, 15) is 9.18 Å². The number of hydrogen-bond acceptors (Lipinski definition) is 4. The van der Waals surface area contributed by atoms with Gasteiger partial charge in [-0.15, -0.1) is 0 Å². The summed E-state index contributed by atoms with van der Waals surface area (Å²) in [6.45, 7) is 0. The van der Waals surface area contributed by atoms with E-state index in [0.717, 1.165) is 12.8 Å². The molecule has 0 aromatic carbocycles. The largest absolute Gasteiger partial charge is 0.476 e. The number of rotatable bonds is 2. The number of nitrogens with zero attached hydrogens (tertiary/aromatic N) is 2. The molecule has 1 saturated carbocycles. The smallest absolute Gasteiger partial charge is 0.357 e. The number of carbonyl (C=O) groups is 1. The third-order valence-corrected chi connectivity index (χ3v) is 2.04. The van der Waals surface area contributed by atoms with Gasteiger partial charge in [-0.2, -0.15) is 0 Å². The second-order valence-electron chi connectivity index (χ2n) is 3.21. The first-order chi connectivity index (χ1) is 6.59. The van der Waals surface area contributed by atoms with E-state index in [4.69, 9.17) is 10.8 Å². The summed E-state index contributed by atoms with van der Waals surface area (Å²) in [6.07, 6.45) is 1.81. The van der Waals surface area contributed by atoms with Crippen LogP contribution >= 0.6 is 0 Å². The van der Waals surface area contributed by atoms with Crippen LogP contribution in [0.1, 0.15) is 35.1 Å². The van der Waals surface area contributed by atoms with Gasteiger partial charge < -0.3 is 10.8 Å². The highest BCUT2D eigenvalue weighted by Gasteiger charge is 2.29. The van der Waals surface area contributed by atoms with E-state index in [1.165, 1.54) is 0 Å². The minimum absolute atomic E-state index is 0.149. The number of hydrogen-bond donors (Lipinski definition) is 2. The summed E-state index contributed by atoms with van der Waals surface area (Å²) in [5.74, 6) is -2.38. The van der Waals surface area contributed by atoms with E-state index in [1.54, 1.807) is 0 Å². The Hall–Kier alpha value is -1.72. The van der Waals surface area contributed by atoms with Gasteiger partial charge in [0.2, 0.25) is 0 Å². The molecule has 1 fully saturated rings. The molecule has 0 radical (unpaired) electrons. The van der Waals surface area contributed by atoms with Crippen LogP contribution in [-0.4, -0.2) is 21.0 Å². The number of nitrogens with two attached hydrogens (primary N) is 1. The van der Waals surface area contributed by atoms with Crippen molar-refractivity contribution in [2.24, 2.45) is 0 Å². The van der Waals surface area contributed by atoms with Crippen LogP contribution in [0, 0.1) is 5.82 Å². The van der Waals surface area contributed by atoms with Gasteiger partial charge in [0, 0.05) is 5.92 Å². The molecule has 2 rings (SSSR count). The van der Waals surface area contributed by atoms with Crippen LogP contribution in [0.25, 0.3) is 0 Å². The first kappa shape index (κ1) is 8.86. The fraction of sp³-hybridized carbons (Fsp3) is 0.375. The lowest BCUT2D eigenvalue weighted by Gasteiger charge is -2.02. The minimum atomic E-state index is -1.42. The molecule has 1 aromatic rings. The topological polar surface area (TPSA) is 89.1 Å². The fourth-order valence-corrected chi connectivity index (χ4v) is 1.15. The summed E-state index contributed by atoms with van der Waals surface area (Å²) >= 11 is 0. The van der Waals surface area contributed by atoms with Gasteiger partial charge in [0.25, 0.3) is 0 Å². The van der Waals surface area contributed by atoms with E-state index in [1.807, 2.05) is 0 Å². The van der Waals surface area contributed by atoms with Crippen molar-refractivity contribution >= 4 is 11.8 Å². The number of aromatic nitrogens is 2. The summed E-state index contributed by atoms with van der Waals surface area (Å²) < 4.78 is 13.1. The molecule has 1 aliphatic rings. The van der Waals surface area contributed by atoms with Crippen molar-refractivity contribution in [3.63, 3.8) is 0 Å². The first-order valence-electron chi connectivity index (χ1n) is 4.15. The Morgan fingerprint density at radius 2 is 2.14 bits per heavy atom. The lowest BCUT2D eigenvalue weighted by atomic mass is 10.3. The minimum Gasteiger partial charge on any atom is -0.476 e. The van der Waals surface area contributed by atoms with Gasteiger partial charge in [-0.3, -0.25) is 0 Å². The van der Waals surface area contributed by atoms with Crippen LogP contribution in [-0.2, 0) is 0 Å². The van der Waals surface area contributed by atoms with Crippen molar-refractivity contribution in [2.75, 3.05) is 5.73 Å². The summed E-state index contributed by atoms with van der Waals surface area (Å²) in [5, 5.41) is 8.63. The molecule has 0 saturated heterocycles. The third-order valence-electron chi connectivity index (χ3n) is 2.04. The zero-order chi connectivity index (χ0) is 10.3. The van der Waals surface area contributed by atoms with Crippen molar-refractivity contribution in [1.82, 2.24) is 9.97 Å². The summed E-state index contributed by atoms with van der Waals surface area (Å²) in [6, 6.07) is 0. The molecule has 1 heterocycles.